The maximum Gasteiger partial charge on any atom is 0.355 e. The SMILES string of the molecule is COC(=O)C1=C(C(=O)OC)N(c2ccccc2-c2nnc(N)o2)C=CC=C1. The van der Waals surface area contributed by atoms with Crippen molar-refractivity contribution in [3.05, 3.63) is 60.0 Å². The number of carbonyl (C=O) groups is 2. The molecular weight excluding hydrogens is 352 g/mol. The van der Waals surface area contributed by atoms with Gasteiger partial charge in [0.2, 0.25) is 0 Å². The van der Waals surface area contributed by atoms with Crippen molar-refractivity contribution in [2.45, 2.75) is 0 Å². The maximum absolute atomic E-state index is 12.5. The summed E-state index contributed by atoms with van der Waals surface area (Å²) in [5, 5.41) is 7.55. The van der Waals surface area contributed by atoms with E-state index in [0.717, 1.165) is 0 Å². The van der Waals surface area contributed by atoms with Gasteiger partial charge in [0.15, 0.2) is 0 Å². The number of methoxy groups -OCH3 is 2. The van der Waals surface area contributed by atoms with Gasteiger partial charge >= 0.3 is 18.0 Å². The van der Waals surface area contributed by atoms with Crippen molar-refractivity contribution < 1.29 is 23.5 Å². The Kier molecular flexibility index (Phi) is 5.02. The number of nitrogens with two attached hydrogens (primary N) is 1. The van der Waals surface area contributed by atoms with Crippen LogP contribution in [0, 0.1) is 0 Å². The molecule has 0 radical (unpaired) electrons. The van der Waals surface area contributed by atoms with E-state index < -0.39 is 11.9 Å². The third kappa shape index (κ3) is 3.43. The number of allylic oxidation sites excluding steroid dienone is 2. The van der Waals surface area contributed by atoms with Gasteiger partial charge in [-0.05, 0) is 24.3 Å². The number of ether oxygens (including phenoxy) is 2. The summed E-state index contributed by atoms with van der Waals surface area (Å²) in [5.41, 5.74) is 6.56. The fraction of sp³-hybridized carbons (Fsp3) is 0.111. The monoisotopic (exact) mass is 368 g/mol. The van der Waals surface area contributed by atoms with Crippen LogP contribution in [0.15, 0.2) is 64.4 Å². The van der Waals surface area contributed by atoms with E-state index in [0.29, 0.717) is 11.3 Å². The van der Waals surface area contributed by atoms with Gasteiger partial charge in [-0.2, -0.15) is 0 Å². The number of aromatic nitrogens is 2. The summed E-state index contributed by atoms with van der Waals surface area (Å²) < 4.78 is 15.0. The highest BCUT2D eigenvalue weighted by atomic mass is 16.5. The predicted octanol–water partition coefficient (Wildman–Crippen LogP) is 1.81. The molecule has 1 aliphatic heterocycles. The third-order valence-corrected chi connectivity index (χ3v) is 3.72. The highest BCUT2D eigenvalue weighted by Crippen LogP contribution is 2.34. The van der Waals surface area contributed by atoms with E-state index in [2.05, 4.69) is 10.2 Å². The molecule has 2 heterocycles. The minimum absolute atomic E-state index is 0.0192. The van der Waals surface area contributed by atoms with Gasteiger partial charge in [-0.25, -0.2) is 9.59 Å². The first-order valence-electron chi connectivity index (χ1n) is 7.80. The van der Waals surface area contributed by atoms with Crippen molar-refractivity contribution >= 4 is 23.6 Å². The number of hydrogen-bond acceptors (Lipinski definition) is 9. The second-order valence-corrected chi connectivity index (χ2v) is 5.28. The third-order valence-electron chi connectivity index (χ3n) is 3.72. The van der Waals surface area contributed by atoms with E-state index in [1.165, 1.54) is 25.2 Å². The summed E-state index contributed by atoms with van der Waals surface area (Å²) in [6.07, 6.45) is 6.36. The summed E-state index contributed by atoms with van der Waals surface area (Å²) in [6, 6.07) is 6.88. The molecule has 9 nitrogen and oxygen atoms in total. The molecule has 1 aromatic heterocycles. The Labute approximate surface area is 154 Å². The van der Waals surface area contributed by atoms with E-state index in [9.17, 15) is 9.59 Å². The van der Waals surface area contributed by atoms with Crippen molar-refractivity contribution in [3.63, 3.8) is 0 Å². The molecule has 27 heavy (non-hydrogen) atoms. The van der Waals surface area contributed by atoms with E-state index in [4.69, 9.17) is 19.6 Å². The van der Waals surface area contributed by atoms with E-state index in [1.54, 1.807) is 42.6 Å². The van der Waals surface area contributed by atoms with Crippen LogP contribution in [0.25, 0.3) is 11.5 Å². The standard InChI is InChI=1S/C18H16N4O5/c1-25-16(23)12-8-5-6-10-22(14(12)17(24)26-2)13-9-4-3-7-11(13)15-20-21-18(19)27-15/h3-10H,1-2H3,(H2,19,21). The average Bonchev–Trinajstić information content (AvgIpc) is 3.00. The average molecular weight is 368 g/mol. The molecule has 9 heteroatoms. The molecular formula is C18H16N4O5. The summed E-state index contributed by atoms with van der Waals surface area (Å²) >= 11 is 0. The lowest BCUT2D eigenvalue weighted by Crippen LogP contribution is -2.27. The normalized spacial score (nSPS) is 13.5. The number of para-hydroxylation sites is 1. The van der Waals surface area contributed by atoms with Crippen molar-refractivity contribution in [1.29, 1.82) is 0 Å². The zero-order valence-electron chi connectivity index (χ0n) is 14.6. The molecule has 0 saturated carbocycles. The van der Waals surface area contributed by atoms with Crippen LogP contribution in [0.1, 0.15) is 0 Å². The molecule has 3 rings (SSSR count). The lowest BCUT2D eigenvalue weighted by molar-refractivity contribution is -0.139. The zero-order chi connectivity index (χ0) is 19.4. The second kappa shape index (κ2) is 7.56. The quantitative estimate of drug-likeness (QED) is 0.805. The van der Waals surface area contributed by atoms with Crippen LogP contribution in [-0.2, 0) is 19.1 Å². The number of benzene rings is 1. The van der Waals surface area contributed by atoms with Crippen molar-refractivity contribution in [1.82, 2.24) is 10.2 Å². The molecule has 1 aromatic carbocycles. The number of anilines is 2. The number of esters is 2. The minimum atomic E-state index is -0.716. The molecule has 0 aliphatic carbocycles. The number of rotatable bonds is 4. The lowest BCUT2D eigenvalue weighted by atomic mass is 10.1. The first kappa shape index (κ1) is 17.9. The Hall–Kier alpha value is -3.88. The van der Waals surface area contributed by atoms with Gasteiger partial charge in [0.1, 0.15) is 5.70 Å². The Balaban J connectivity index is 2.23. The van der Waals surface area contributed by atoms with Gasteiger partial charge in [0.05, 0.1) is 31.0 Å². The van der Waals surface area contributed by atoms with Gasteiger partial charge in [0, 0.05) is 6.20 Å². The van der Waals surface area contributed by atoms with Crippen molar-refractivity contribution in [2.75, 3.05) is 24.9 Å². The second-order valence-electron chi connectivity index (χ2n) is 5.28. The first-order valence-corrected chi connectivity index (χ1v) is 7.80. The summed E-state index contributed by atoms with van der Waals surface area (Å²) in [4.78, 5) is 26.2. The molecule has 0 atom stereocenters. The number of carbonyl (C=O) groups excluding carboxylic acids is 2. The van der Waals surface area contributed by atoms with Crippen LogP contribution in [0.2, 0.25) is 0 Å². The highest BCUT2D eigenvalue weighted by Gasteiger charge is 2.29. The van der Waals surface area contributed by atoms with Crippen LogP contribution < -0.4 is 10.6 Å². The smallest absolute Gasteiger partial charge is 0.355 e. The van der Waals surface area contributed by atoms with Gasteiger partial charge in [-0.15, -0.1) is 5.10 Å². The Morgan fingerprint density at radius 3 is 2.48 bits per heavy atom. The van der Waals surface area contributed by atoms with Crippen molar-refractivity contribution in [2.24, 2.45) is 0 Å². The Morgan fingerprint density at radius 2 is 1.81 bits per heavy atom. The summed E-state index contributed by atoms with van der Waals surface area (Å²) in [7, 11) is 2.46. The largest absolute Gasteiger partial charge is 0.465 e. The van der Waals surface area contributed by atoms with Crippen LogP contribution in [-0.4, -0.2) is 36.4 Å². The van der Waals surface area contributed by atoms with Gasteiger partial charge in [-0.3, -0.25) is 0 Å². The number of nitrogen functional groups attached to an aromatic ring is 1. The van der Waals surface area contributed by atoms with Crippen LogP contribution in [0.3, 0.4) is 0 Å². The van der Waals surface area contributed by atoms with E-state index in [1.807, 2.05) is 0 Å². The van der Waals surface area contributed by atoms with Gasteiger partial charge in [0.25, 0.3) is 5.89 Å². The topological polar surface area (TPSA) is 121 Å². The lowest BCUT2D eigenvalue weighted by Gasteiger charge is -2.24. The van der Waals surface area contributed by atoms with Gasteiger partial charge < -0.3 is 24.5 Å². The molecule has 0 bridgehead atoms. The fourth-order valence-corrected chi connectivity index (χ4v) is 2.56. The molecule has 138 valence electrons. The van der Waals surface area contributed by atoms with E-state index >= 15 is 0 Å². The molecule has 2 N–H and O–H groups in total. The molecule has 0 saturated heterocycles. The van der Waals surface area contributed by atoms with Gasteiger partial charge in [-0.1, -0.05) is 23.3 Å². The Bertz CT molecular complexity index is 974. The summed E-state index contributed by atoms with van der Waals surface area (Å²) in [5.74, 6) is -1.23. The number of nitrogens with zero attached hydrogens (tertiary/aromatic N) is 3. The highest BCUT2D eigenvalue weighted by molar-refractivity contribution is 6.06. The number of hydrogen-bond donors (Lipinski definition) is 1. The van der Waals surface area contributed by atoms with Crippen LogP contribution in [0.5, 0.6) is 0 Å². The van der Waals surface area contributed by atoms with Crippen LogP contribution in [0.4, 0.5) is 11.7 Å². The minimum Gasteiger partial charge on any atom is -0.465 e. The van der Waals surface area contributed by atoms with Crippen molar-refractivity contribution in [3.8, 4) is 11.5 Å². The maximum atomic E-state index is 12.5. The molecule has 0 amide bonds. The van der Waals surface area contributed by atoms with Crippen LogP contribution >= 0.6 is 0 Å². The fourth-order valence-electron chi connectivity index (χ4n) is 2.56. The Morgan fingerprint density at radius 1 is 1.07 bits per heavy atom. The molecule has 2 aromatic rings. The van der Waals surface area contributed by atoms with E-state index in [-0.39, 0.29) is 23.2 Å². The predicted molar refractivity (Wildman–Crippen MR) is 96.0 cm³/mol. The molecule has 0 unspecified atom stereocenters. The summed E-state index contributed by atoms with van der Waals surface area (Å²) in [6.45, 7) is 0. The molecule has 0 fully saturated rings. The molecule has 0 spiro atoms. The first-order chi connectivity index (χ1) is 13.1. The zero-order valence-corrected chi connectivity index (χ0v) is 14.6. The molecule has 1 aliphatic rings.